The summed E-state index contributed by atoms with van der Waals surface area (Å²) < 4.78 is 0. The van der Waals surface area contributed by atoms with Gasteiger partial charge in [0.15, 0.2) is 0 Å². The van der Waals surface area contributed by atoms with Crippen LogP contribution in [-0.4, -0.2) is 23.5 Å². The van der Waals surface area contributed by atoms with Gasteiger partial charge in [-0.1, -0.05) is 26.7 Å². The summed E-state index contributed by atoms with van der Waals surface area (Å²) in [6.07, 6.45) is 4.62. The lowest BCUT2D eigenvalue weighted by molar-refractivity contribution is -0.137. The zero-order chi connectivity index (χ0) is 12.2. The number of carboxylic acids is 1. The third-order valence-electron chi connectivity index (χ3n) is 3.59. The minimum atomic E-state index is -0.876. The molecule has 0 aromatic rings. The quantitative estimate of drug-likeness (QED) is 0.752. The maximum absolute atomic E-state index is 11.9. The van der Waals surface area contributed by atoms with Gasteiger partial charge in [-0.25, -0.2) is 0 Å². The Hall–Kier alpha value is -1.06. The fourth-order valence-electron chi connectivity index (χ4n) is 2.34. The molecule has 1 aliphatic rings. The number of amides is 1. The first-order valence-corrected chi connectivity index (χ1v) is 5.94. The van der Waals surface area contributed by atoms with Gasteiger partial charge < -0.3 is 10.4 Å². The Labute approximate surface area is 96.4 Å². The molecule has 4 nitrogen and oxygen atoms in total. The molecular weight excluding hydrogens is 206 g/mol. The van der Waals surface area contributed by atoms with E-state index in [1.54, 1.807) is 0 Å². The second-order valence-electron chi connectivity index (χ2n) is 5.10. The van der Waals surface area contributed by atoms with Gasteiger partial charge in [0.05, 0.1) is 6.42 Å². The van der Waals surface area contributed by atoms with Gasteiger partial charge >= 0.3 is 5.97 Å². The van der Waals surface area contributed by atoms with Gasteiger partial charge in [-0.15, -0.1) is 0 Å². The van der Waals surface area contributed by atoms with Gasteiger partial charge in [0.25, 0.3) is 0 Å². The lowest BCUT2D eigenvalue weighted by Gasteiger charge is -2.30. The first kappa shape index (κ1) is 13.0. The van der Waals surface area contributed by atoms with Gasteiger partial charge in [-0.3, -0.25) is 9.59 Å². The van der Waals surface area contributed by atoms with Crippen LogP contribution in [0.3, 0.4) is 0 Å². The Morgan fingerprint density at radius 3 is 2.38 bits per heavy atom. The topological polar surface area (TPSA) is 66.4 Å². The highest BCUT2D eigenvalue weighted by Gasteiger charge is 2.37. The third kappa shape index (κ3) is 3.22. The maximum Gasteiger partial charge on any atom is 0.305 e. The fraction of sp³-hybridized carbons (Fsp3) is 0.833. The number of carbonyl (C=O) groups is 2. The molecule has 0 heterocycles. The van der Waals surface area contributed by atoms with Crippen molar-refractivity contribution in [1.29, 1.82) is 0 Å². The number of aliphatic carboxylic acids is 1. The molecule has 4 heteroatoms. The molecule has 0 unspecified atom stereocenters. The Balaban J connectivity index is 2.41. The lowest BCUT2D eigenvalue weighted by Crippen LogP contribution is -2.41. The van der Waals surface area contributed by atoms with E-state index in [1.165, 1.54) is 12.8 Å². The van der Waals surface area contributed by atoms with Crippen LogP contribution in [0.2, 0.25) is 0 Å². The predicted octanol–water partition coefficient (Wildman–Crippen LogP) is 1.79. The molecule has 0 aromatic carbocycles. The van der Waals surface area contributed by atoms with E-state index >= 15 is 0 Å². The molecule has 1 rings (SSSR count). The van der Waals surface area contributed by atoms with Crippen LogP contribution in [0.15, 0.2) is 0 Å². The van der Waals surface area contributed by atoms with E-state index in [0.29, 0.717) is 5.92 Å². The molecule has 1 fully saturated rings. The average Bonchev–Trinajstić information content (AvgIpc) is 2.69. The Morgan fingerprint density at radius 1 is 1.31 bits per heavy atom. The SMILES string of the molecule is CC(C)(C(=O)NCCC(=O)O)C1CCCC1. The second kappa shape index (κ2) is 5.32. The van der Waals surface area contributed by atoms with Crippen LogP contribution in [0.25, 0.3) is 0 Å². The summed E-state index contributed by atoms with van der Waals surface area (Å²) in [5.41, 5.74) is -0.366. The van der Waals surface area contributed by atoms with Crippen LogP contribution in [0, 0.1) is 11.3 Å². The minimum absolute atomic E-state index is 0.00745. The van der Waals surface area contributed by atoms with E-state index in [0.717, 1.165) is 12.8 Å². The first-order chi connectivity index (χ1) is 7.44. The van der Waals surface area contributed by atoms with Crippen LogP contribution in [-0.2, 0) is 9.59 Å². The van der Waals surface area contributed by atoms with Crippen LogP contribution in [0.5, 0.6) is 0 Å². The van der Waals surface area contributed by atoms with Gasteiger partial charge in [0.1, 0.15) is 0 Å². The molecule has 0 bridgehead atoms. The monoisotopic (exact) mass is 227 g/mol. The minimum Gasteiger partial charge on any atom is -0.481 e. The Morgan fingerprint density at radius 2 is 1.88 bits per heavy atom. The van der Waals surface area contributed by atoms with Crippen LogP contribution in [0.4, 0.5) is 0 Å². The van der Waals surface area contributed by atoms with Gasteiger partial charge in [-0.2, -0.15) is 0 Å². The summed E-state index contributed by atoms with van der Waals surface area (Å²) in [6, 6.07) is 0. The standard InChI is InChI=1S/C12H21NO3/c1-12(2,9-5-3-4-6-9)11(16)13-8-7-10(14)15/h9H,3-8H2,1-2H3,(H,13,16)(H,14,15). The number of hydrogen-bond acceptors (Lipinski definition) is 2. The molecule has 0 atom stereocenters. The molecule has 0 radical (unpaired) electrons. The van der Waals surface area contributed by atoms with E-state index in [9.17, 15) is 9.59 Å². The largest absolute Gasteiger partial charge is 0.481 e. The molecule has 16 heavy (non-hydrogen) atoms. The summed E-state index contributed by atoms with van der Waals surface area (Å²) in [5, 5.41) is 11.2. The highest BCUT2D eigenvalue weighted by Crippen LogP contribution is 2.39. The predicted molar refractivity (Wildman–Crippen MR) is 61.0 cm³/mol. The van der Waals surface area contributed by atoms with Gasteiger partial charge in [0.2, 0.25) is 5.91 Å². The number of nitrogens with one attached hydrogen (secondary N) is 1. The summed E-state index contributed by atoms with van der Waals surface area (Å²) in [6.45, 7) is 4.14. The van der Waals surface area contributed by atoms with E-state index in [4.69, 9.17) is 5.11 Å². The lowest BCUT2D eigenvalue weighted by atomic mass is 9.77. The van der Waals surface area contributed by atoms with Crippen LogP contribution >= 0.6 is 0 Å². The van der Waals surface area contributed by atoms with Crippen LogP contribution in [0.1, 0.15) is 46.0 Å². The van der Waals surface area contributed by atoms with Crippen molar-refractivity contribution in [2.75, 3.05) is 6.54 Å². The fourth-order valence-corrected chi connectivity index (χ4v) is 2.34. The van der Waals surface area contributed by atoms with E-state index < -0.39 is 5.97 Å². The molecule has 2 N–H and O–H groups in total. The van der Waals surface area contributed by atoms with Crippen molar-refractivity contribution in [2.45, 2.75) is 46.0 Å². The van der Waals surface area contributed by atoms with Gasteiger partial charge in [-0.05, 0) is 18.8 Å². The van der Waals surface area contributed by atoms with Crippen LogP contribution < -0.4 is 5.32 Å². The maximum atomic E-state index is 11.9. The highest BCUT2D eigenvalue weighted by atomic mass is 16.4. The number of hydrogen-bond donors (Lipinski definition) is 2. The molecule has 0 spiro atoms. The molecule has 0 saturated heterocycles. The first-order valence-electron chi connectivity index (χ1n) is 5.94. The van der Waals surface area contributed by atoms with Crippen molar-refractivity contribution in [3.05, 3.63) is 0 Å². The summed E-state index contributed by atoms with van der Waals surface area (Å²) in [4.78, 5) is 22.3. The third-order valence-corrected chi connectivity index (χ3v) is 3.59. The van der Waals surface area contributed by atoms with Crippen molar-refractivity contribution >= 4 is 11.9 Å². The summed E-state index contributed by atoms with van der Waals surface area (Å²) >= 11 is 0. The molecule has 1 saturated carbocycles. The number of rotatable bonds is 5. The Bertz CT molecular complexity index is 267. The van der Waals surface area contributed by atoms with E-state index in [1.807, 2.05) is 13.8 Å². The average molecular weight is 227 g/mol. The number of carbonyl (C=O) groups excluding carboxylic acids is 1. The second-order valence-corrected chi connectivity index (χ2v) is 5.10. The molecule has 0 aromatic heterocycles. The molecule has 1 amide bonds. The molecule has 92 valence electrons. The van der Waals surface area contributed by atoms with Crippen molar-refractivity contribution in [1.82, 2.24) is 5.32 Å². The van der Waals surface area contributed by atoms with Crippen molar-refractivity contribution in [3.63, 3.8) is 0 Å². The summed E-state index contributed by atoms with van der Waals surface area (Å²) in [7, 11) is 0. The smallest absolute Gasteiger partial charge is 0.305 e. The number of carboxylic acid groups (broad SMARTS) is 1. The summed E-state index contributed by atoms with van der Waals surface area (Å²) in [5.74, 6) is -0.447. The highest BCUT2D eigenvalue weighted by molar-refractivity contribution is 5.82. The molecule has 1 aliphatic carbocycles. The van der Waals surface area contributed by atoms with Crippen molar-refractivity contribution < 1.29 is 14.7 Å². The molecule has 0 aliphatic heterocycles. The van der Waals surface area contributed by atoms with E-state index in [2.05, 4.69) is 5.32 Å². The van der Waals surface area contributed by atoms with Crippen molar-refractivity contribution in [2.24, 2.45) is 11.3 Å². The van der Waals surface area contributed by atoms with Crippen molar-refractivity contribution in [3.8, 4) is 0 Å². The normalized spacial score (nSPS) is 17.4. The zero-order valence-corrected chi connectivity index (χ0v) is 10.1. The van der Waals surface area contributed by atoms with E-state index in [-0.39, 0.29) is 24.3 Å². The zero-order valence-electron chi connectivity index (χ0n) is 10.1. The molecular formula is C12H21NO3. The van der Waals surface area contributed by atoms with Gasteiger partial charge in [0, 0.05) is 12.0 Å². The Kier molecular flexibility index (Phi) is 4.33.